The zero-order valence-electron chi connectivity index (χ0n) is 12.2. The average molecular weight is 304 g/mol. The van der Waals surface area contributed by atoms with Gasteiger partial charge in [0, 0.05) is 6.54 Å². The Balaban J connectivity index is 1.82. The molecule has 1 heterocycles. The lowest BCUT2D eigenvalue weighted by Crippen LogP contribution is -2.26. The SMILES string of the molecule is CCSCC(=O)NCc1nncn1CCc1ccccc1. The van der Waals surface area contributed by atoms with Crippen LogP contribution in [-0.2, 0) is 24.3 Å². The first-order chi connectivity index (χ1) is 10.3. The van der Waals surface area contributed by atoms with Gasteiger partial charge in [-0.25, -0.2) is 0 Å². The van der Waals surface area contributed by atoms with Crippen LogP contribution in [0.1, 0.15) is 18.3 Å². The molecule has 0 aliphatic rings. The van der Waals surface area contributed by atoms with Crippen molar-refractivity contribution in [3.05, 3.63) is 48.0 Å². The zero-order chi connectivity index (χ0) is 14.9. The van der Waals surface area contributed by atoms with Crippen molar-refractivity contribution in [3.63, 3.8) is 0 Å². The average Bonchev–Trinajstić information content (AvgIpc) is 2.97. The Morgan fingerprint density at radius 3 is 2.90 bits per heavy atom. The Hall–Kier alpha value is -1.82. The van der Waals surface area contributed by atoms with Crippen LogP contribution in [0.5, 0.6) is 0 Å². The molecule has 5 nitrogen and oxygen atoms in total. The second-order valence-corrected chi connectivity index (χ2v) is 5.86. The molecule has 6 heteroatoms. The van der Waals surface area contributed by atoms with E-state index in [0.717, 1.165) is 24.5 Å². The maximum absolute atomic E-state index is 11.6. The number of carbonyl (C=O) groups is 1. The highest BCUT2D eigenvalue weighted by Gasteiger charge is 2.06. The van der Waals surface area contributed by atoms with E-state index in [2.05, 4.69) is 27.6 Å². The van der Waals surface area contributed by atoms with Crippen molar-refractivity contribution >= 4 is 17.7 Å². The number of thioether (sulfide) groups is 1. The summed E-state index contributed by atoms with van der Waals surface area (Å²) < 4.78 is 1.99. The zero-order valence-corrected chi connectivity index (χ0v) is 13.0. The molecule has 0 unspecified atom stereocenters. The molecule has 0 radical (unpaired) electrons. The van der Waals surface area contributed by atoms with E-state index in [1.807, 2.05) is 29.7 Å². The third-order valence-corrected chi connectivity index (χ3v) is 3.94. The van der Waals surface area contributed by atoms with Crippen LogP contribution in [0, 0.1) is 0 Å². The maximum Gasteiger partial charge on any atom is 0.230 e. The normalized spacial score (nSPS) is 10.5. The van der Waals surface area contributed by atoms with Crippen molar-refractivity contribution in [2.75, 3.05) is 11.5 Å². The smallest absolute Gasteiger partial charge is 0.230 e. The number of amides is 1. The fourth-order valence-corrected chi connectivity index (χ4v) is 2.41. The van der Waals surface area contributed by atoms with E-state index in [-0.39, 0.29) is 5.91 Å². The van der Waals surface area contributed by atoms with Gasteiger partial charge in [0.25, 0.3) is 0 Å². The number of rotatable bonds is 8. The van der Waals surface area contributed by atoms with Gasteiger partial charge in [-0.2, -0.15) is 11.8 Å². The molecule has 1 amide bonds. The molecule has 0 aliphatic carbocycles. The summed E-state index contributed by atoms with van der Waals surface area (Å²) in [6, 6.07) is 10.3. The molecular formula is C15H20N4OS. The van der Waals surface area contributed by atoms with E-state index in [1.54, 1.807) is 18.1 Å². The van der Waals surface area contributed by atoms with E-state index in [4.69, 9.17) is 0 Å². The number of hydrogen-bond donors (Lipinski definition) is 1. The van der Waals surface area contributed by atoms with E-state index in [9.17, 15) is 4.79 Å². The lowest BCUT2D eigenvalue weighted by molar-refractivity contribution is -0.118. The van der Waals surface area contributed by atoms with Gasteiger partial charge >= 0.3 is 0 Å². The quantitative estimate of drug-likeness (QED) is 0.809. The molecule has 0 saturated carbocycles. The van der Waals surface area contributed by atoms with Gasteiger partial charge in [0.15, 0.2) is 5.82 Å². The number of nitrogens with zero attached hydrogens (tertiary/aromatic N) is 3. The summed E-state index contributed by atoms with van der Waals surface area (Å²) >= 11 is 1.61. The summed E-state index contributed by atoms with van der Waals surface area (Å²) in [5.41, 5.74) is 1.28. The molecule has 1 N–H and O–H groups in total. The van der Waals surface area contributed by atoms with Crippen LogP contribution in [0.25, 0.3) is 0 Å². The van der Waals surface area contributed by atoms with Gasteiger partial charge in [0.05, 0.1) is 12.3 Å². The highest BCUT2D eigenvalue weighted by Crippen LogP contribution is 2.04. The third kappa shape index (κ3) is 5.23. The first-order valence-electron chi connectivity index (χ1n) is 7.04. The maximum atomic E-state index is 11.6. The van der Waals surface area contributed by atoms with Crippen LogP contribution in [0.2, 0.25) is 0 Å². The summed E-state index contributed by atoms with van der Waals surface area (Å²) in [6.45, 7) is 3.28. The van der Waals surface area contributed by atoms with Gasteiger partial charge in [-0.05, 0) is 17.7 Å². The van der Waals surface area contributed by atoms with Crippen molar-refractivity contribution in [3.8, 4) is 0 Å². The van der Waals surface area contributed by atoms with Crippen molar-refractivity contribution in [2.45, 2.75) is 26.4 Å². The molecule has 2 rings (SSSR count). The highest BCUT2D eigenvalue weighted by atomic mass is 32.2. The standard InChI is InChI=1S/C15H20N4OS/c1-2-21-11-15(20)16-10-14-18-17-12-19(14)9-8-13-6-4-3-5-7-13/h3-7,12H,2,8-11H2,1H3,(H,16,20). The summed E-state index contributed by atoms with van der Waals surface area (Å²) in [5.74, 6) is 2.27. The van der Waals surface area contributed by atoms with Crippen LogP contribution in [0.15, 0.2) is 36.7 Å². The van der Waals surface area contributed by atoms with Gasteiger partial charge in [-0.15, -0.1) is 10.2 Å². The molecular weight excluding hydrogens is 284 g/mol. The fraction of sp³-hybridized carbons (Fsp3) is 0.400. The second-order valence-electron chi connectivity index (χ2n) is 4.59. The Kier molecular flexibility index (Phi) is 6.27. The van der Waals surface area contributed by atoms with Gasteiger partial charge in [0.2, 0.25) is 5.91 Å². The number of aromatic nitrogens is 3. The van der Waals surface area contributed by atoms with Gasteiger partial charge in [-0.1, -0.05) is 37.3 Å². The van der Waals surface area contributed by atoms with E-state index in [1.165, 1.54) is 5.56 Å². The van der Waals surface area contributed by atoms with Gasteiger partial charge in [0.1, 0.15) is 6.33 Å². The van der Waals surface area contributed by atoms with E-state index >= 15 is 0 Å². The Morgan fingerprint density at radius 1 is 1.33 bits per heavy atom. The monoisotopic (exact) mass is 304 g/mol. The lowest BCUT2D eigenvalue weighted by Gasteiger charge is -2.08. The van der Waals surface area contributed by atoms with E-state index in [0.29, 0.717) is 12.3 Å². The second kappa shape index (κ2) is 8.46. The minimum Gasteiger partial charge on any atom is -0.348 e. The molecule has 2 aromatic rings. The molecule has 0 aliphatic heterocycles. The van der Waals surface area contributed by atoms with Crippen LogP contribution in [-0.4, -0.2) is 32.2 Å². The van der Waals surface area contributed by atoms with Crippen LogP contribution < -0.4 is 5.32 Å². The number of nitrogens with one attached hydrogen (secondary N) is 1. The molecule has 0 bridgehead atoms. The number of aryl methyl sites for hydroxylation is 2. The molecule has 112 valence electrons. The minimum atomic E-state index is 0.0412. The van der Waals surface area contributed by atoms with Gasteiger partial charge in [-0.3, -0.25) is 4.79 Å². The van der Waals surface area contributed by atoms with Crippen molar-refractivity contribution in [1.29, 1.82) is 0 Å². The van der Waals surface area contributed by atoms with Crippen molar-refractivity contribution in [2.24, 2.45) is 0 Å². The predicted molar refractivity (Wildman–Crippen MR) is 85.0 cm³/mol. The van der Waals surface area contributed by atoms with Crippen molar-refractivity contribution in [1.82, 2.24) is 20.1 Å². The first kappa shape index (κ1) is 15.6. The topological polar surface area (TPSA) is 59.8 Å². The highest BCUT2D eigenvalue weighted by molar-refractivity contribution is 7.99. The lowest BCUT2D eigenvalue weighted by atomic mass is 10.1. The fourth-order valence-electron chi connectivity index (χ4n) is 1.92. The van der Waals surface area contributed by atoms with Crippen LogP contribution in [0.4, 0.5) is 0 Å². The molecule has 21 heavy (non-hydrogen) atoms. The molecule has 1 aromatic heterocycles. The number of hydrogen-bond acceptors (Lipinski definition) is 4. The Bertz CT molecular complexity index is 556. The van der Waals surface area contributed by atoms with Gasteiger partial charge < -0.3 is 9.88 Å². The molecule has 0 fully saturated rings. The van der Waals surface area contributed by atoms with Crippen molar-refractivity contribution < 1.29 is 4.79 Å². The van der Waals surface area contributed by atoms with Crippen LogP contribution in [0.3, 0.4) is 0 Å². The first-order valence-corrected chi connectivity index (χ1v) is 8.20. The summed E-state index contributed by atoms with van der Waals surface area (Å²) in [5, 5.41) is 10.9. The Morgan fingerprint density at radius 2 is 2.14 bits per heavy atom. The Labute approximate surface area is 129 Å². The summed E-state index contributed by atoms with van der Waals surface area (Å²) in [4.78, 5) is 11.6. The molecule has 0 saturated heterocycles. The molecule has 0 spiro atoms. The molecule has 1 aromatic carbocycles. The minimum absolute atomic E-state index is 0.0412. The summed E-state index contributed by atoms with van der Waals surface area (Å²) in [6.07, 6.45) is 2.64. The number of benzene rings is 1. The largest absolute Gasteiger partial charge is 0.348 e. The van der Waals surface area contributed by atoms with Crippen LogP contribution >= 0.6 is 11.8 Å². The predicted octanol–water partition coefficient (Wildman–Crippen LogP) is 1.89. The summed E-state index contributed by atoms with van der Waals surface area (Å²) in [7, 11) is 0. The third-order valence-electron chi connectivity index (χ3n) is 3.06. The van der Waals surface area contributed by atoms with E-state index < -0.39 is 0 Å². The number of carbonyl (C=O) groups excluding carboxylic acids is 1. The molecule has 0 atom stereocenters.